The Morgan fingerprint density at radius 1 is 1.03 bits per heavy atom. The van der Waals surface area contributed by atoms with Crippen molar-refractivity contribution in [3.8, 4) is 5.75 Å². The number of halogens is 2. The van der Waals surface area contributed by atoms with Gasteiger partial charge in [-0.3, -0.25) is 14.1 Å². The van der Waals surface area contributed by atoms with E-state index in [4.69, 9.17) is 54.2 Å². The predicted molar refractivity (Wildman–Crippen MR) is 116 cm³/mol. The zero-order valence-corrected chi connectivity index (χ0v) is 19.1. The Balaban J connectivity index is 0.000000567. The number of carbonyl (C=O) groups is 2. The molecule has 0 bridgehead atoms. The monoisotopic (exact) mass is 526 g/mol. The van der Waals surface area contributed by atoms with E-state index in [0.717, 1.165) is 0 Å². The molecule has 2 unspecified atom stereocenters. The number of ether oxygens (including phenoxy) is 1. The first-order valence-electron chi connectivity index (χ1n) is 7.74. The van der Waals surface area contributed by atoms with Crippen LogP contribution in [0.15, 0.2) is 18.2 Å². The molecule has 0 saturated heterocycles. The van der Waals surface area contributed by atoms with Crippen LogP contribution in [0.1, 0.15) is 0 Å². The zero-order valence-electron chi connectivity index (χ0n) is 15.1. The van der Waals surface area contributed by atoms with Crippen molar-refractivity contribution >= 4 is 67.1 Å². The van der Waals surface area contributed by atoms with Gasteiger partial charge in [-0.2, -0.15) is 8.42 Å². The lowest BCUT2D eigenvalue weighted by Gasteiger charge is -2.07. The molecule has 0 spiro atoms. The number of nitrogens with two attached hydrogens (primary N) is 2. The number of carboxylic acid groups (broad SMARTS) is 2. The van der Waals surface area contributed by atoms with E-state index in [0.29, 0.717) is 15.8 Å². The van der Waals surface area contributed by atoms with Crippen LogP contribution in [0.5, 0.6) is 5.75 Å². The summed E-state index contributed by atoms with van der Waals surface area (Å²) in [5.74, 6) is -1.33. The third-order valence-corrected chi connectivity index (χ3v) is 6.15. The van der Waals surface area contributed by atoms with Crippen molar-refractivity contribution in [1.29, 1.82) is 0 Å². The van der Waals surface area contributed by atoms with Crippen LogP contribution in [0.2, 0.25) is 10.0 Å². The van der Waals surface area contributed by atoms with Crippen LogP contribution >= 0.6 is 44.8 Å². The molecule has 2 atom stereocenters. The topological polar surface area (TPSA) is 199 Å². The van der Waals surface area contributed by atoms with Gasteiger partial charge >= 0.3 is 22.3 Å². The number of carboxylic acids is 2. The van der Waals surface area contributed by atoms with Gasteiger partial charge in [0.25, 0.3) is 0 Å². The van der Waals surface area contributed by atoms with Crippen molar-refractivity contribution in [3.63, 3.8) is 0 Å². The van der Waals surface area contributed by atoms with Crippen LogP contribution in [0.4, 0.5) is 0 Å². The molecular weight excluding hydrogens is 507 g/mol. The number of aliphatic carboxylic acids is 2. The van der Waals surface area contributed by atoms with Gasteiger partial charge in [-0.25, -0.2) is 4.18 Å². The Labute approximate surface area is 190 Å². The lowest BCUT2D eigenvalue weighted by atomic mass is 10.3. The van der Waals surface area contributed by atoms with Gasteiger partial charge in [0.05, 0.1) is 5.02 Å². The molecule has 0 radical (unpaired) electrons. The lowest BCUT2D eigenvalue weighted by Crippen LogP contribution is -2.33. The molecule has 30 heavy (non-hydrogen) atoms. The van der Waals surface area contributed by atoms with Crippen molar-refractivity contribution in [2.75, 3.05) is 24.7 Å². The molecule has 0 aromatic heterocycles. The van der Waals surface area contributed by atoms with Gasteiger partial charge in [-0.1, -0.05) is 44.8 Å². The van der Waals surface area contributed by atoms with Gasteiger partial charge in [0.2, 0.25) is 0 Å². The Kier molecular flexibility index (Phi) is 14.5. The molecule has 0 aliphatic carbocycles. The highest BCUT2D eigenvalue weighted by atomic mass is 35.5. The summed E-state index contributed by atoms with van der Waals surface area (Å²) in [5, 5.41) is 17.6. The van der Waals surface area contributed by atoms with Crippen molar-refractivity contribution in [3.05, 3.63) is 28.2 Å². The summed E-state index contributed by atoms with van der Waals surface area (Å²) in [6, 6.07) is 2.76. The minimum absolute atomic E-state index is 0.0683. The van der Waals surface area contributed by atoms with E-state index < -0.39 is 34.4 Å². The molecule has 1 rings (SSSR count). The van der Waals surface area contributed by atoms with Gasteiger partial charge in [-0.05, 0) is 18.2 Å². The summed E-state index contributed by atoms with van der Waals surface area (Å²) >= 11 is 11.4. The molecule has 16 heteroatoms. The van der Waals surface area contributed by atoms with Crippen molar-refractivity contribution < 1.29 is 41.7 Å². The molecule has 0 saturated carbocycles. The van der Waals surface area contributed by atoms with Crippen LogP contribution in [0.3, 0.4) is 0 Å². The number of rotatable bonds is 12. The second-order valence-corrected chi connectivity index (χ2v) is 9.62. The standard InChI is InChI=1S/C8H8Cl2O5S.C6H12N2O4S2/c9-6-1-2-8(7(10)5-6)14-3-4-15-16(11,12)13;7-3(5(9)10)1-13-14-2-4(8)6(11)12/h1-2,5H,3-4H2,(H,11,12,13);3-4H,1-2,7-8H2,(H,9,10)(H,11,12). The third-order valence-electron chi connectivity index (χ3n) is 2.68. The quantitative estimate of drug-likeness (QED) is 0.148. The molecule has 1 aromatic rings. The SMILES string of the molecule is NC(CSSCC(N)C(=O)O)C(=O)O.O=S(=O)(O)OCCOc1ccc(Cl)cc1Cl. The zero-order chi connectivity index (χ0) is 23.3. The highest BCUT2D eigenvalue weighted by Gasteiger charge is 2.14. The van der Waals surface area contributed by atoms with Crippen molar-refractivity contribution in [1.82, 2.24) is 0 Å². The average molecular weight is 527 g/mol. The van der Waals surface area contributed by atoms with Gasteiger partial charge in [0.1, 0.15) is 31.0 Å². The minimum Gasteiger partial charge on any atom is -0.490 e. The van der Waals surface area contributed by atoms with Gasteiger partial charge in [-0.15, -0.1) is 0 Å². The maximum Gasteiger partial charge on any atom is 0.397 e. The van der Waals surface area contributed by atoms with Crippen LogP contribution < -0.4 is 16.2 Å². The van der Waals surface area contributed by atoms with E-state index in [1.807, 2.05) is 0 Å². The van der Waals surface area contributed by atoms with Gasteiger partial charge in [0, 0.05) is 16.5 Å². The molecule has 0 amide bonds. The highest BCUT2D eigenvalue weighted by molar-refractivity contribution is 8.76. The molecule has 0 heterocycles. The van der Waals surface area contributed by atoms with Crippen LogP contribution in [0.25, 0.3) is 0 Å². The molecule has 172 valence electrons. The fourth-order valence-electron chi connectivity index (χ4n) is 1.27. The van der Waals surface area contributed by atoms with Crippen LogP contribution in [-0.2, 0) is 24.2 Å². The number of hydrogen-bond donors (Lipinski definition) is 5. The second kappa shape index (κ2) is 14.9. The lowest BCUT2D eigenvalue weighted by molar-refractivity contribution is -0.138. The largest absolute Gasteiger partial charge is 0.490 e. The van der Waals surface area contributed by atoms with E-state index in [-0.39, 0.29) is 24.7 Å². The smallest absolute Gasteiger partial charge is 0.397 e. The first-order chi connectivity index (χ1) is 13.8. The Bertz CT molecular complexity index is 777. The summed E-state index contributed by atoms with van der Waals surface area (Å²) in [5.41, 5.74) is 10.4. The number of hydrogen-bond acceptors (Lipinski definition) is 10. The summed E-state index contributed by atoms with van der Waals surface area (Å²) in [7, 11) is -2.02. The van der Waals surface area contributed by atoms with E-state index in [2.05, 4.69) is 4.18 Å². The average Bonchev–Trinajstić information content (AvgIpc) is 2.62. The fraction of sp³-hybridized carbons (Fsp3) is 0.429. The van der Waals surface area contributed by atoms with Crippen LogP contribution in [-0.4, -0.2) is 71.9 Å². The predicted octanol–water partition coefficient (Wildman–Crippen LogP) is 1.38. The molecule has 0 aliphatic rings. The summed E-state index contributed by atoms with van der Waals surface area (Å²) < 4.78 is 37.8. The van der Waals surface area contributed by atoms with E-state index in [1.54, 1.807) is 6.07 Å². The van der Waals surface area contributed by atoms with Gasteiger partial charge < -0.3 is 26.4 Å². The molecule has 0 fully saturated rings. The first-order valence-corrected chi connectivity index (χ1v) is 12.3. The second-order valence-electron chi connectivity index (χ2n) is 5.13. The fourth-order valence-corrected chi connectivity index (χ4v) is 4.24. The Morgan fingerprint density at radius 3 is 1.93 bits per heavy atom. The van der Waals surface area contributed by atoms with E-state index >= 15 is 0 Å². The summed E-state index contributed by atoms with van der Waals surface area (Å²) in [6.45, 7) is -0.376. The van der Waals surface area contributed by atoms with Gasteiger partial charge in [0.15, 0.2) is 0 Å². The van der Waals surface area contributed by atoms with Crippen molar-refractivity contribution in [2.24, 2.45) is 11.5 Å². The Morgan fingerprint density at radius 2 is 1.53 bits per heavy atom. The maximum absolute atomic E-state index is 10.3. The normalized spacial score (nSPS) is 13.0. The van der Waals surface area contributed by atoms with E-state index in [9.17, 15) is 18.0 Å². The minimum atomic E-state index is -4.43. The Hall–Kier alpha value is -0.970. The molecule has 0 aliphatic heterocycles. The van der Waals surface area contributed by atoms with E-state index in [1.165, 1.54) is 33.7 Å². The van der Waals surface area contributed by atoms with Crippen LogP contribution in [0, 0.1) is 0 Å². The summed E-state index contributed by atoms with van der Waals surface area (Å²) in [6.07, 6.45) is 0. The first kappa shape index (κ1) is 29.0. The highest BCUT2D eigenvalue weighted by Crippen LogP contribution is 2.27. The number of benzene rings is 1. The molecule has 11 nitrogen and oxygen atoms in total. The third kappa shape index (κ3) is 14.9. The summed E-state index contributed by atoms with van der Waals surface area (Å²) in [4.78, 5) is 20.5. The maximum atomic E-state index is 10.3. The molecule has 1 aromatic carbocycles. The molecule has 7 N–H and O–H groups in total. The molecular formula is C14H20Cl2N2O9S3. The van der Waals surface area contributed by atoms with Crippen molar-refractivity contribution in [2.45, 2.75) is 12.1 Å².